The van der Waals surface area contributed by atoms with Gasteiger partial charge in [0, 0.05) is 0 Å². The Morgan fingerprint density at radius 1 is 0.800 bits per heavy atom. The molecule has 0 saturated carbocycles. The number of aliphatic carboxylic acids is 2. The first-order valence-corrected chi connectivity index (χ1v) is 13.5. The summed E-state index contributed by atoms with van der Waals surface area (Å²) < 4.78 is 26.9. The zero-order valence-electron chi connectivity index (χ0n) is 19.5. The Bertz CT molecular complexity index is 1080. The lowest BCUT2D eigenvalue weighted by molar-refractivity contribution is -0.144. The van der Waals surface area contributed by atoms with Crippen LogP contribution in [0.2, 0.25) is 0 Å². The maximum Gasteiger partial charge on any atom is 0.307 e. The molecule has 0 aromatic heterocycles. The van der Waals surface area contributed by atoms with Gasteiger partial charge in [0.05, 0.1) is 21.6 Å². The minimum absolute atomic E-state index is 0.0155. The van der Waals surface area contributed by atoms with E-state index in [1.165, 1.54) is 12.1 Å². The minimum Gasteiger partial charge on any atom is -0.481 e. The molecule has 0 spiro atoms. The molecule has 2 saturated heterocycles. The number of carbonyl (C=O) groups is 2. The molecule has 2 aliphatic heterocycles. The zero-order chi connectivity index (χ0) is 25.0. The summed E-state index contributed by atoms with van der Waals surface area (Å²) in [6.45, 7) is 2.88. The molecule has 4 atom stereocenters. The number of carboxylic acid groups (broad SMARTS) is 2. The normalized spacial score (nSPS) is 22.1. The molecule has 2 fully saturated rings. The second-order valence-electron chi connectivity index (χ2n) is 9.60. The molecule has 2 aromatic rings. The summed E-state index contributed by atoms with van der Waals surface area (Å²) in [6.07, 6.45) is 2.10. The van der Waals surface area contributed by atoms with Crippen molar-refractivity contribution in [3.05, 3.63) is 59.7 Å². The van der Waals surface area contributed by atoms with Gasteiger partial charge in [0.25, 0.3) is 0 Å². The van der Waals surface area contributed by atoms with Crippen LogP contribution >= 0.6 is 0 Å². The van der Waals surface area contributed by atoms with Gasteiger partial charge in [0.1, 0.15) is 0 Å². The van der Waals surface area contributed by atoms with Crippen molar-refractivity contribution in [2.45, 2.75) is 35.5 Å². The Kier molecular flexibility index (Phi) is 7.88. The molecule has 9 heteroatoms. The molecular weight excluding hydrogens is 468 g/mol. The molecule has 2 unspecified atom stereocenters. The lowest BCUT2D eigenvalue weighted by atomic mass is 9.86. The highest BCUT2D eigenvalue weighted by Crippen LogP contribution is 2.29. The Labute approximate surface area is 205 Å². The summed E-state index contributed by atoms with van der Waals surface area (Å²) >= 11 is 0. The van der Waals surface area contributed by atoms with Crippen LogP contribution in [0.15, 0.2) is 58.3 Å². The van der Waals surface area contributed by atoms with Gasteiger partial charge in [0.2, 0.25) is 9.84 Å². The number of carboxylic acids is 2. The summed E-state index contributed by atoms with van der Waals surface area (Å²) in [5.74, 6) is -2.87. The fourth-order valence-corrected chi connectivity index (χ4v) is 6.68. The van der Waals surface area contributed by atoms with Gasteiger partial charge >= 0.3 is 11.9 Å². The average molecular weight is 501 g/mol. The molecular formula is C26H32N2O6S. The second-order valence-corrected chi connectivity index (χ2v) is 11.6. The van der Waals surface area contributed by atoms with Crippen LogP contribution in [0.25, 0.3) is 0 Å². The lowest BCUT2D eigenvalue weighted by Crippen LogP contribution is -2.27. The van der Waals surface area contributed by atoms with E-state index < -0.39 is 33.6 Å². The first kappa shape index (κ1) is 25.3. The Morgan fingerprint density at radius 3 is 1.57 bits per heavy atom. The Hall–Kier alpha value is -2.75. The van der Waals surface area contributed by atoms with Gasteiger partial charge in [-0.25, -0.2) is 8.42 Å². The fraction of sp³-hybridized carbons (Fsp3) is 0.462. The second kappa shape index (κ2) is 10.9. The van der Waals surface area contributed by atoms with Gasteiger partial charge in [-0.2, -0.15) is 0 Å². The molecule has 2 aliphatic rings. The summed E-state index contributed by atoms with van der Waals surface area (Å²) in [4.78, 5) is 24.0. The van der Waals surface area contributed by atoms with Crippen LogP contribution in [0.3, 0.4) is 0 Å². The van der Waals surface area contributed by atoms with Crippen LogP contribution in [0, 0.1) is 23.7 Å². The van der Waals surface area contributed by atoms with E-state index >= 15 is 0 Å². The molecule has 8 nitrogen and oxygen atoms in total. The van der Waals surface area contributed by atoms with E-state index in [0.717, 1.165) is 25.9 Å². The van der Waals surface area contributed by atoms with Gasteiger partial charge in [-0.3, -0.25) is 9.59 Å². The Balaban J connectivity index is 1.55. The first-order chi connectivity index (χ1) is 16.8. The third kappa shape index (κ3) is 5.91. The highest BCUT2D eigenvalue weighted by Gasteiger charge is 2.32. The van der Waals surface area contributed by atoms with E-state index in [1.54, 1.807) is 36.4 Å². The lowest BCUT2D eigenvalue weighted by Gasteiger charge is -2.19. The highest BCUT2D eigenvalue weighted by molar-refractivity contribution is 7.91. The van der Waals surface area contributed by atoms with Crippen molar-refractivity contribution in [2.24, 2.45) is 23.7 Å². The van der Waals surface area contributed by atoms with Gasteiger partial charge < -0.3 is 20.8 Å². The number of rotatable bonds is 10. The summed E-state index contributed by atoms with van der Waals surface area (Å²) in [5.41, 5.74) is 1.34. The molecule has 0 aliphatic carbocycles. The quantitative estimate of drug-likeness (QED) is 0.390. The summed E-state index contributed by atoms with van der Waals surface area (Å²) in [5, 5.41) is 25.8. The minimum atomic E-state index is -3.85. The van der Waals surface area contributed by atoms with Crippen molar-refractivity contribution >= 4 is 21.8 Å². The zero-order valence-corrected chi connectivity index (χ0v) is 20.3. The number of nitrogens with one attached hydrogen (secondary N) is 2. The molecule has 2 heterocycles. The molecule has 35 heavy (non-hydrogen) atoms. The van der Waals surface area contributed by atoms with Gasteiger partial charge in [-0.1, -0.05) is 24.3 Å². The average Bonchev–Trinajstić information content (AvgIpc) is 3.56. The predicted molar refractivity (Wildman–Crippen MR) is 130 cm³/mol. The third-order valence-corrected chi connectivity index (χ3v) is 9.05. The van der Waals surface area contributed by atoms with Crippen LogP contribution in [0.4, 0.5) is 0 Å². The van der Waals surface area contributed by atoms with E-state index in [1.807, 2.05) is 0 Å². The largest absolute Gasteiger partial charge is 0.481 e. The molecule has 2 aromatic carbocycles. The molecule has 4 N–H and O–H groups in total. The van der Waals surface area contributed by atoms with Crippen LogP contribution in [0.1, 0.15) is 24.0 Å². The van der Waals surface area contributed by atoms with Gasteiger partial charge in [-0.05, 0) is 99.1 Å². The topological polar surface area (TPSA) is 133 Å². The maximum atomic E-state index is 13.4. The first-order valence-electron chi connectivity index (χ1n) is 12.1. The highest BCUT2D eigenvalue weighted by atomic mass is 32.2. The van der Waals surface area contributed by atoms with Crippen molar-refractivity contribution in [2.75, 3.05) is 26.2 Å². The van der Waals surface area contributed by atoms with E-state index in [-0.39, 0.29) is 34.5 Å². The van der Waals surface area contributed by atoms with Crippen molar-refractivity contribution in [3.8, 4) is 0 Å². The summed E-state index contributed by atoms with van der Waals surface area (Å²) in [6, 6.07) is 13.0. The van der Waals surface area contributed by atoms with Gasteiger partial charge in [0.15, 0.2) is 0 Å². The van der Waals surface area contributed by atoms with Crippen molar-refractivity contribution in [3.63, 3.8) is 0 Å². The standard InChI is InChI=1S/C26H32N2O6S/c29-25(30)23(19-7-9-27-15-19)13-17-3-1-5-21(11-17)35(33,34)22-6-2-4-18(12-22)14-24(26(31)32)20-8-10-28-16-20/h1-6,11-12,19-20,23-24,27-28H,7-10,13-16H2,(H,29,30)(H,31,32)/t19-,20-,23?,24?/m0/s1. The van der Waals surface area contributed by atoms with Gasteiger partial charge in [-0.15, -0.1) is 0 Å². The van der Waals surface area contributed by atoms with Crippen molar-refractivity contribution < 1.29 is 28.2 Å². The SMILES string of the molecule is O=C(O)C(Cc1cccc(S(=O)(=O)c2cccc(CC(C(=O)O)[C@H]3CCNC3)c2)c1)[C@H]1CCNC1. The monoisotopic (exact) mass is 500 g/mol. The van der Waals surface area contributed by atoms with Crippen LogP contribution < -0.4 is 10.6 Å². The van der Waals surface area contributed by atoms with E-state index in [4.69, 9.17) is 0 Å². The van der Waals surface area contributed by atoms with Crippen molar-refractivity contribution in [1.82, 2.24) is 10.6 Å². The number of hydrogen-bond donors (Lipinski definition) is 4. The van der Waals surface area contributed by atoms with Crippen LogP contribution in [-0.2, 0) is 32.3 Å². The molecule has 0 radical (unpaired) electrons. The molecule has 4 rings (SSSR count). The predicted octanol–water partition coefficient (Wildman–Crippen LogP) is 2.22. The molecule has 0 amide bonds. The van der Waals surface area contributed by atoms with Crippen molar-refractivity contribution in [1.29, 1.82) is 0 Å². The van der Waals surface area contributed by atoms with E-state index in [0.29, 0.717) is 24.2 Å². The van der Waals surface area contributed by atoms with E-state index in [9.17, 15) is 28.2 Å². The summed E-state index contributed by atoms with van der Waals surface area (Å²) in [7, 11) is -3.85. The number of hydrogen-bond acceptors (Lipinski definition) is 6. The molecule has 0 bridgehead atoms. The van der Waals surface area contributed by atoms with E-state index in [2.05, 4.69) is 10.6 Å². The smallest absolute Gasteiger partial charge is 0.307 e. The number of benzene rings is 2. The Morgan fingerprint density at radius 2 is 1.23 bits per heavy atom. The maximum absolute atomic E-state index is 13.4. The van der Waals surface area contributed by atoms with Crippen LogP contribution in [0.5, 0.6) is 0 Å². The molecule has 188 valence electrons. The third-order valence-electron chi connectivity index (χ3n) is 7.30. The van der Waals surface area contributed by atoms with Crippen LogP contribution in [-0.4, -0.2) is 56.7 Å². The number of sulfone groups is 1. The fourth-order valence-electron chi connectivity index (χ4n) is 5.28.